The van der Waals surface area contributed by atoms with Crippen LogP contribution >= 0.6 is 11.6 Å². The molecular formula is C17H14ClFN2O3. The zero-order valence-electron chi connectivity index (χ0n) is 12.6. The van der Waals surface area contributed by atoms with Gasteiger partial charge in [-0.2, -0.15) is 0 Å². The number of nitro groups is 1. The van der Waals surface area contributed by atoms with E-state index >= 15 is 0 Å². The highest BCUT2D eigenvalue weighted by atomic mass is 35.5. The second-order valence-corrected chi connectivity index (χ2v) is 6.25. The zero-order valence-corrected chi connectivity index (χ0v) is 13.3. The average molecular weight is 349 g/mol. The van der Waals surface area contributed by atoms with Crippen molar-refractivity contribution in [3.05, 3.63) is 69.0 Å². The van der Waals surface area contributed by atoms with Crippen molar-refractivity contribution in [1.29, 1.82) is 0 Å². The lowest BCUT2D eigenvalue weighted by molar-refractivity contribution is -0.384. The summed E-state index contributed by atoms with van der Waals surface area (Å²) in [6.45, 7) is 0. The Balaban J connectivity index is 1.89. The number of nitro benzene ring substituents is 1. The molecule has 0 radical (unpaired) electrons. The summed E-state index contributed by atoms with van der Waals surface area (Å²) in [6, 6.07) is 10.0. The molecule has 1 saturated carbocycles. The molecule has 0 saturated heterocycles. The van der Waals surface area contributed by atoms with Gasteiger partial charge in [0.1, 0.15) is 5.82 Å². The van der Waals surface area contributed by atoms with E-state index in [1.165, 1.54) is 0 Å². The Morgan fingerprint density at radius 2 is 1.88 bits per heavy atom. The van der Waals surface area contributed by atoms with Gasteiger partial charge in [-0.15, -0.1) is 0 Å². The molecule has 0 spiro atoms. The van der Waals surface area contributed by atoms with Crippen LogP contribution in [0.3, 0.4) is 0 Å². The molecule has 0 unspecified atom stereocenters. The van der Waals surface area contributed by atoms with E-state index in [9.17, 15) is 19.3 Å². The number of halogens is 2. The SMILES string of the molecule is O=C(Nc1cc([N+](=O)[O-])ccc1F)C1(c2ccc(Cl)cc2)CCC1. The lowest BCUT2D eigenvalue weighted by Gasteiger charge is -2.40. The molecule has 3 rings (SSSR count). The Hall–Kier alpha value is -2.47. The second-order valence-electron chi connectivity index (χ2n) is 5.82. The van der Waals surface area contributed by atoms with E-state index in [0.717, 1.165) is 30.2 Å². The molecule has 2 aromatic rings. The molecule has 7 heteroatoms. The van der Waals surface area contributed by atoms with Crippen molar-refractivity contribution in [2.24, 2.45) is 0 Å². The molecule has 2 aromatic carbocycles. The molecule has 24 heavy (non-hydrogen) atoms. The summed E-state index contributed by atoms with van der Waals surface area (Å²) in [4.78, 5) is 22.9. The predicted octanol–water partition coefficient (Wildman–Crippen LogP) is 4.45. The number of amides is 1. The third-order valence-corrected chi connectivity index (χ3v) is 4.70. The molecule has 0 atom stereocenters. The number of carbonyl (C=O) groups excluding carboxylic acids is 1. The Morgan fingerprint density at radius 1 is 1.21 bits per heavy atom. The minimum Gasteiger partial charge on any atom is -0.323 e. The summed E-state index contributed by atoms with van der Waals surface area (Å²) in [5.74, 6) is -1.07. The van der Waals surface area contributed by atoms with Gasteiger partial charge in [0.2, 0.25) is 5.91 Å². The number of hydrogen-bond donors (Lipinski definition) is 1. The number of nitrogens with zero attached hydrogens (tertiary/aromatic N) is 1. The Morgan fingerprint density at radius 3 is 2.42 bits per heavy atom. The van der Waals surface area contributed by atoms with E-state index in [1.807, 2.05) is 0 Å². The first-order valence-corrected chi connectivity index (χ1v) is 7.82. The van der Waals surface area contributed by atoms with Gasteiger partial charge in [0.15, 0.2) is 0 Å². The first-order valence-electron chi connectivity index (χ1n) is 7.44. The minimum atomic E-state index is -0.748. The van der Waals surface area contributed by atoms with Gasteiger partial charge in [-0.1, -0.05) is 30.2 Å². The van der Waals surface area contributed by atoms with Crippen LogP contribution in [0.5, 0.6) is 0 Å². The van der Waals surface area contributed by atoms with E-state index in [-0.39, 0.29) is 17.3 Å². The Bertz CT molecular complexity index is 804. The van der Waals surface area contributed by atoms with Crippen LogP contribution in [0.25, 0.3) is 0 Å². The topological polar surface area (TPSA) is 72.2 Å². The van der Waals surface area contributed by atoms with Crippen LogP contribution in [-0.4, -0.2) is 10.8 Å². The highest BCUT2D eigenvalue weighted by Gasteiger charge is 2.45. The van der Waals surface area contributed by atoms with Gasteiger partial charge in [-0.3, -0.25) is 14.9 Å². The van der Waals surface area contributed by atoms with Gasteiger partial charge in [-0.05, 0) is 36.6 Å². The fraction of sp³-hybridized carbons (Fsp3) is 0.235. The highest BCUT2D eigenvalue weighted by molar-refractivity contribution is 6.30. The van der Waals surface area contributed by atoms with Crippen molar-refractivity contribution in [1.82, 2.24) is 0 Å². The van der Waals surface area contributed by atoms with Crippen molar-refractivity contribution in [2.45, 2.75) is 24.7 Å². The van der Waals surface area contributed by atoms with E-state index in [0.29, 0.717) is 17.9 Å². The maximum Gasteiger partial charge on any atom is 0.271 e. The smallest absolute Gasteiger partial charge is 0.271 e. The van der Waals surface area contributed by atoms with Crippen molar-refractivity contribution >= 4 is 28.9 Å². The Labute approximate surface area is 142 Å². The van der Waals surface area contributed by atoms with Crippen LogP contribution in [0, 0.1) is 15.9 Å². The molecule has 1 aliphatic carbocycles. The maximum absolute atomic E-state index is 13.9. The number of rotatable bonds is 4. The standard InChI is InChI=1S/C17H14ClFN2O3/c18-12-4-2-11(3-5-12)17(8-1-9-17)16(22)20-15-10-13(21(23)24)6-7-14(15)19/h2-7,10H,1,8-9H2,(H,20,22). The zero-order chi connectivity index (χ0) is 17.3. The number of non-ortho nitro benzene ring substituents is 1. The summed E-state index contributed by atoms with van der Waals surface area (Å²) in [5.41, 5.74) is -0.404. The number of nitrogens with one attached hydrogen (secondary N) is 1. The molecule has 124 valence electrons. The van der Waals surface area contributed by atoms with E-state index in [2.05, 4.69) is 5.32 Å². The average Bonchev–Trinajstić information content (AvgIpc) is 2.50. The lowest BCUT2D eigenvalue weighted by Crippen LogP contribution is -2.46. The van der Waals surface area contributed by atoms with Crippen LogP contribution in [0.15, 0.2) is 42.5 Å². The molecule has 5 nitrogen and oxygen atoms in total. The van der Waals surface area contributed by atoms with Gasteiger partial charge in [0, 0.05) is 17.2 Å². The molecule has 0 aromatic heterocycles. The van der Waals surface area contributed by atoms with Crippen LogP contribution in [0.2, 0.25) is 5.02 Å². The van der Waals surface area contributed by atoms with Crippen molar-refractivity contribution < 1.29 is 14.1 Å². The molecule has 1 aliphatic rings. The Kier molecular flexibility index (Phi) is 4.24. The summed E-state index contributed by atoms with van der Waals surface area (Å²) in [7, 11) is 0. The number of hydrogen-bond acceptors (Lipinski definition) is 3. The normalized spacial score (nSPS) is 15.4. The molecule has 1 amide bonds. The molecule has 0 bridgehead atoms. The third-order valence-electron chi connectivity index (χ3n) is 4.45. The van der Waals surface area contributed by atoms with Crippen LogP contribution in [-0.2, 0) is 10.2 Å². The monoisotopic (exact) mass is 348 g/mol. The second kappa shape index (κ2) is 6.20. The number of carbonyl (C=O) groups is 1. The lowest BCUT2D eigenvalue weighted by atomic mass is 9.64. The summed E-state index contributed by atoms with van der Waals surface area (Å²) >= 11 is 5.89. The fourth-order valence-electron chi connectivity index (χ4n) is 2.91. The number of anilines is 1. The van der Waals surface area contributed by atoms with Gasteiger partial charge >= 0.3 is 0 Å². The summed E-state index contributed by atoms with van der Waals surface area (Å²) in [5, 5.41) is 13.9. The van der Waals surface area contributed by atoms with Crippen molar-refractivity contribution in [3.63, 3.8) is 0 Å². The van der Waals surface area contributed by atoms with Gasteiger partial charge in [-0.25, -0.2) is 4.39 Å². The molecule has 0 heterocycles. The first kappa shape index (κ1) is 16.4. The molecule has 1 fully saturated rings. The number of benzene rings is 2. The third kappa shape index (κ3) is 2.85. The van der Waals surface area contributed by atoms with Crippen LogP contribution in [0.1, 0.15) is 24.8 Å². The maximum atomic E-state index is 13.9. The molecule has 0 aliphatic heterocycles. The molecular weight excluding hydrogens is 335 g/mol. The highest BCUT2D eigenvalue weighted by Crippen LogP contribution is 2.45. The van der Waals surface area contributed by atoms with Gasteiger partial charge < -0.3 is 5.32 Å². The largest absolute Gasteiger partial charge is 0.323 e. The van der Waals surface area contributed by atoms with E-state index in [1.54, 1.807) is 24.3 Å². The first-order chi connectivity index (χ1) is 11.4. The summed E-state index contributed by atoms with van der Waals surface area (Å²) in [6.07, 6.45) is 2.15. The van der Waals surface area contributed by atoms with Crippen LogP contribution < -0.4 is 5.32 Å². The van der Waals surface area contributed by atoms with Gasteiger partial charge in [0.05, 0.1) is 16.0 Å². The van der Waals surface area contributed by atoms with Crippen molar-refractivity contribution in [3.8, 4) is 0 Å². The van der Waals surface area contributed by atoms with Gasteiger partial charge in [0.25, 0.3) is 5.69 Å². The fourth-order valence-corrected chi connectivity index (χ4v) is 3.04. The van der Waals surface area contributed by atoms with Crippen molar-refractivity contribution in [2.75, 3.05) is 5.32 Å². The molecule has 1 N–H and O–H groups in total. The summed E-state index contributed by atoms with van der Waals surface area (Å²) < 4.78 is 13.9. The van der Waals surface area contributed by atoms with Crippen LogP contribution in [0.4, 0.5) is 15.8 Å². The predicted molar refractivity (Wildman–Crippen MR) is 88.7 cm³/mol. The van der Waals surface area contributed by atoms with E-state index < -0.39 is 16.2 Å². The van der Waals surface area contributed by atoms with E-state index in [4.69, 9.17) is 11.6 Å². The minimum absolute atomic E-state index is 0.186. The quantitative estimate of drug-likeness (QED) is 0.655.